The third kappa shape index (κ3) is 3.62. The fraction of sp³-hybridized carbons (Fsp3) is 0.444. The van der Waals surface area contributed by atoms with E-state index in [1.54, 1.807) is 25.6 Å². The molecule has 0 radical (unpaired) electrons. The Morgan fingerprint density at radius 1 is 1.36 bits per heavy atom. The van der Waals surface area contributed by atoms with Gasteiger partial charge in [0.05, 0.1) is 31.8 Å². The zero-order chi connectivity index (χ0) is 18.0. The van der Waals surface area contributed by atoms with Gasteiger partial charge in [-0.05, 0) is 36.6 Å². The normalized spacial score (nSPS) is 17.2. The average molecular weight is 362 g/mol. The fourth-order valence-corrected chi connectivity index (χ4v) is 4.14. The van der Waals surface area contributed by atoms with Crippen molar-refractivity contribution in [2.24, 2.45) is 0 Å². The first kappa shape index (κ1) is 17.7. The first-order chi connectivity index (χ1) is 12.0. The first-order valence-electron chi connectivity index (χ1n) is 8.13. The summed E-state index contributed by atoms with van der Waals surface area (Å²) < 4.78 is 10.8. The number of ether oxygens (including phenoxy) is 2. The van der Waals surface area contributed by atoms with E-state index in [0.29, 0.717) is 18.0 Å². The molecule has 1 aliphatic heterocycles. The lowest BCUT2D eigenvalue weighted by Gasteiger charge is -2.37. The van der Waals surface area contributed by atoms with Crippen molar-refractivity contribution in [2.45, 2.75) is 32.4 Å². The number of methoxy groups -OCH3 is 2. The Bertz CT molecular complexity index is 774. The van der Waals surface area contributed by atoms with Gasteiger partial charge in [-0.1, -0.05) is 0 Å². The molecular formula is C18H22N2O4S. The molecule has 0 bridgehead atoms. The SMILES string of the molecule is COc1cc2c(cc1OC)C(CC(=O)O)N(Cc1scnc1C)CC2. The van der Waals surface area contributed by atoms with Gasteiger partial charge in [0.1, 0.15) is 0 Å². The molecule has 2 heterocycles. The van der Waals surface area contributed by atoms with Gasteiger partial charge in [-0.15, -0.1) is 11.3 Å². The Balaban J connectivity index is 1.98. The van der Waals surface area contributed by atoms with Gasteiger partial charge < -0.3 is 14.6 Å². The van der Waals surface area contributed by atoms with Crippen molar-refractivity contribution < 1.29 is 19.4 Å². The monoisotopic (exact) mass is 362 g/mol. The van der Waals surface area contributed by atoms with Crippen molar-refractivity contribution in [1.82, 2.24) is 9.88 Å². The minimum absolute atomic E-state index is 0.0559. The topological polar surface area (TPSA) is 71.9 Å². The van der Waals surface area contributed by atoms with Crippen LogP contribution in [-0.4, -0.2) is 41.7 Å². The Morgan fingerprint density at radius 2 is 2.08 bits per heavy atom. The van der Waals surface area contributed by atoms with E-state index in [-0.39, 0.29) is 12.5 Å². The van der Waals surface area contributed by atoms with Crippen LogP contribution in [0.1, 0.15) is 34.2 Å². The molecule has 1 N–H and O–H groups in total. The molecule has 2 aromatic rings. The Morgan fingerprint density at radius 3 is 2.68 bits per heavy atom. The minimum atomic E-state index is -0.807. The van der Waals surface area contributed by atoms with E-state index in [1.807, 2.05) is 24.6 Å². The third-order valence-electron chi connectivity index (χ3n) is 4.67. The number of benzene rings is 1. The molecule has 1 aromatic heterocycles. The van der Waals surface area contributed by atoms with Gasteiger partial charge in [0.15, 0.2) is 11.5 Å². The van der Waals surface area contributed by atoms with Crippen LogP contribution in [0.2, 0.25) is 0 Å². The van der Waals surface area contributed by atoms with Crippen LogP contribution in [-0.2, 0) is 17.8 Å². The number of hydrogen-bond acceptors (Lipinski definition) is 6. The quantitative estimate of drug-likeness (QED) is 0.852. The first-order valence-corrected chi connectivity index (χ1v) is 9.01. The molecule has 6 nitrogen and oxygen atoms in total. The van der Waals surface area contributed by atoms with Crippen molar-refractivity contribution >= 4 is 17.3 Å². The van der Waals surface area contributed by atoms with E-state index in [9.17, 15) is 9.90 Å². The Hall–Kier alpha value is -2.12. The highest BCUT2D eigenvalue weighted by Crippen LogP contribution is 2.40. The van der Waals surface area contributed by atoms with Crippen molar-refractivity contribution in [3.8, 4) is 11.5 Å². The van der Waals surface area contributed by atoms with Crippen LogP contribution < -0.4 is 9.47 Å². The van der Waals surface area contributed by atoms with Crippen LogP contribution in [0.3, 0.4) is 0 Å². The average Bonchev–Trinajstić information content (AvgIpc) is 3.00. The number of carboxylic acids is 1. The lowest BCUT2D eigenvalue weighted by atomic mass is 9.90. The van der Waals surface area contributed by atoms with E-state index in [2.05, 4.69) is 9.88 Å². The number of aromatic nitrogens is 1. The molecule has 1 atom stereocenters. The van der Waals surface area contributed by atoms with Crippen molar-refractivity contribution in [1.29, 1.82) is 0 Å². The van der Waals surface area contributed by atoms with Gasteiger partial charge in [-0.3, -0.25) is 9.69 Å². The number of aryl methyl sites for hydroxylation is 1. The van der Waals surface area contributed by atoms with E-state index in [4.69, 9.17) is 9.47 Å². The summed E-state index contributed by atoms with van der Waals surface area (Å²) >= 11 is 1.61. The van der Waals surface area contributed by atoms with Crippen LogP contribution in [0.25, 0.3) is 0 Å². The number of rotatable bonds is 6. The zero-order valence-corrected chi connectivity index (χ0v) is 15.4. The van der Waals surface area contributed by atoms with E-state index < -0.39 is 5.97 Å². The number of carboxylic acid groups (broad SMARTS) is 1. The molecule has 0 amide bonds. The minimum Gasteiger partial charge on any atom is -0.493 e. The molecule has 3 rings (SSSR count). The number of hydrogen-bond donors (Lipinski definition) is 1. The summed E-state index contributed by atoms with van der Waals surface area (Å²) in [5, 5.41) is 9.42. The van der Waals surface area contributed by atoms with E-state index in [1.165, 1.54) is 4.88 Å². The molecule has 1 aromatic carbocycles. The van der Waals surface area contributed by atoms with Crippen molar-refractivity contribution in [2.75, 3.05) is 20.8 Å². The molecule has 0 fully saturated rings. The maximum atomic E-state index is 11.5. The summed E-state index contributed by atoms with van der Waals surface area (Å²) in [7, 11) is 3.21. The van der Waals surface area contributed by atoms with Crippen molar-refractivity contribution in [3.05, 3.63) is 39.3 Å². The predicted octanol–water partition coefficient (Wildman–Crippen LogP) is 3.04. The molecule has 0 spiro atoms. The molecule has 7 heteroatoms. The molecule has 1 unspecified atom stereocenters. The van der Waals surface area contributed by atoms with Crippen LogP contribution in [0.4, 0.5) is 0 Å². The second-order valence-electron chi connectivity index (χ2n) is 6.10. The third-order valence-corrected chi connectivity index (χ3v) is 5.59. The summed E-state index contributed by atoms with van der Waals surface area (Å²) in [5.74, 6) is 0.508. The van der Waals surface area contributed by atoms with Crippen molar-refractivity contribution in [3.63, 3.8) is 0 Å². The number of thiazole rings is 1. The molecule has 1 aliphatic rings. The molecule has 0 aliphatic carbocycles. The zero-order valence-electron chi connectivity index (χ0n) is 14.6. The largest absolute Gasteiger partial charge is 0.493 e. The summed E-state index contributed by atoms with van der Waals surface area (Å²) in [4.78, 5) is 19.2. The maximum absolute atomic E-state index is 11.5. The number of carbonyl (C=O) groups is 1. The standard InChI is InChI=1S/C18H22N2O4S/c1-11-17(25-10-19-11)9-20-5-4-12-6-15(23-2)16(24-3)7-13(12)14(20)8-18(21)22/h6-7,10,14H,4-5,8-9H2,1-3H3,(H,21,22). The second kappa shape index (κ2) is 7.41. The fourth-order valence-electron chi connectivity index (χ4n) is 3.34. The highest BCUT2D eigenvalue weighted by Gasteiger charge is 2.31. The van der Waals surface area contributed by atoms with Crippen LogP contribution >= 0.6 is 11.3 Å². The molecule has 0 saturated carbocycles. The number of fused-ring (bicyclic) bond motifs is 1. The smallest absolute Gasteiger partial charge is 0.305 e. The number of aliphatic carboxylic acids is 1. The van der Waals surface area contributed by atoms with Gasteiger partial charge in [0.25, 0.3) is 0 Å². The predicted molar refractivity (Wildman–Crippen MR) is 95.5 cm³/mol. The molecule has 134 valence electrons. The summed E-state index contributed by atoms with van der Waals surface area (Å²) in [6, 6.07) is 3.70. The lowest BCUT2D eigenvalue weighted by Crippen LogP contribution is -2.36. The van der Waals surface area contributed by atoms with Gasteiger partial charge in [0.2, 0.25) is 0 Å². The lowest BCUT2D eigenvalue weighted by molar-refractivity contribution is -0.138. The van der Waals surface area contributed by atoms with E-state index in [0.717, 1.165) is 29.8 Å². The van der Waals surface area contributed by atoms with Gasteiger partial charge in [-0.2, -0.15) is 0 Å². The molecule has 25 heavy (non-hydrogen) atoms. The van der Waals surface area contributed by atoms with Gasteiger partial charge in [0, 0.05) is 24.0 Å². The van der Waals surface area contributed by atoms with Gasteiger partial charge in [-0.25, -0.2) is 4.98 Å². The summed E-state index contributed by atoms with van der Waals surface area (Å²) in [6.45, 7) is 3.50. The van der Waals surface area contributed by atoms with Crippen LogP contribution in [0.15, 0.2) is 17.6 Å². The van der Waals surface area contributed by atoms with Crippen LogP contribution in [0, 0.1) is 6.92 Å². The Labute approximate surface area is 151 Å². The van der Waals surface area contributed by atoms with Crippen LogP contribution in [0.5, 0.6) is 11.5 Å². The van der Waals surface area contributed by atoms with Gasteiger partial charge >= 0.3 is 5.97 Å². The summed E-state index contributed by atoms with van der Waals surface area (Å²) in [6.07, 6.45) is 0.907. The highest BCUT2D eigenvalue weighted by atomic mass is 32.1. The maximum Gasteiger partial charge on any atom is 0.305 e. The molecular weight excluding hydrogens is 340 g/mol. The summed E-state index contributed by atoms with van der Waals surface area (Å²) in [5.41, 5.74) is 4.98. The molecule has 0 saturated heterocycles. The Kier molecular flexibility index (Phi) is 5.24. The second-order valence-corrected chi connectivity index (χ2v) is 7.04. The highest BCUT2D eigenvalue weighted by molar-refractivity contribution is 7.09. The number of nitrogens with zero attached hydrogens (tertiary/aromatic N) is 2. The van der Waals surface area contributed by atoms with E-state index >= 15 is 0 Å².